The number of imidazole rings is 1. The highest BCUT2D eigenvalue weighted by atomic mass is 19.4. The molecular weight excluding hydrogens is 436 g/mol. The van der Waals surface area contributed by atoms with Crippen LogP contribution in [0.1, 0.15) is 25.1 Å². The van der Waals surface area contributed by atoms with E-state index in [9.17, 15) is 27.8 Å². The summed E-state index contributed by atoms with van der Waals surface area (Å²) in [5.74, 6) is -0.773. The summed E-state index contributed by atoms with van der Waals surface area (Å²) in [6, 6.07) is 15.4. The molecule has 0 fully saturated rings. The van der Waals surface area contributed by atoms with Crippen molar-refractivity contribution in [3.05, 3.63) is 90.0 Å². The van der Waals surface area contributed by atoms with Crippen LogP contribution in [0.4, 0.5) is 17.6 Å². The minimum absolute atomic E-state index is 0.0254. The van der Waals surface area contributed by atoms with Gasteiger partial charge >= 0.3 is 6.18 Å². The van der Waals surface area contributed by atoms with Crippen molar-refractivity contribution in [3.8, 4) is 34.0 Å². The molecule has 0 bridgehead atoms. The first kappa shape index (κ1) is 22.5. The average Bonchev–Trinajstić information content (AvgIpc) is 3.19. The summed E-state index contributed by atoms with van der Waals surface area (Å²) in [6.07, 6.45) is -3.10. The van der Waals surface area contributed by atoms with E-state index in [1.54, 1.807) is 24.3 Å². The van der Waals surface area contributed by atoms with Crippen LogP contribution in [0.15, 0.2) is 72.9 Å². The number of phenols is 1. The minimum atomic E-state index is -4.59. The van der Waals surface area contributed by atoms with Crippen LogP contribution in [-0.4, -0.2) is 19.8 Å². The monoisotopic (exact) mass is 456 g/mol. The summed E-state index contributed by atoms with van der Waals surface area (Å²) in [5, 5.41) is 20.5. The van der Waals surface area contributed by atoms with Crippen LogP contribution in [0, 0.1) is 5.82 Å². The molecule has 0 spiro atoms. The van der Waals surface area contributed by atoms with Gasteiger partial charge in [0.1, 0.15) is 23.0 Å². The maximum Gasteiger partial charge on any atom is 0.417 e. The molecule has 8 heteroatoms. The Hall–Kier alpha value is -3.65. The second-order valence-corrected chi connectivity index (χ2v) is 8.13. The Kier molecular flexibility index (Phi) is 5.49. The maximum absolute atomic E-state index is 13.7. The zero-order chi connectivity index (χ0) is 24.0. The second kappa shape index (κ2) is 8.04. The molecule has 0 saturated heterocycles. The van der Waals surface area contributed by atoms with Gasteiger partial charge in [0, 0.05) is 29.1 Å². The number of hydrogen-bond acceptors (Lipinski definition) is 3. The van der Waals surface area contributed by atoms with Crippen molar-refractivity contribution in [2.75, 3.05) is 0 Å². The number of halogens is 4. The van der Waals surface area contributed by atoms with Gasteiger partial charge in [-0.1, -0.05) is 30.3 Å². The summed E-state index contributed by atoms with van der Waals surface area (Å²) in [5.41, 5.74) is -0.643. The number of phenolic OH excluding ortho intramolecular Hbond substituents is 1. The number of aromatic hydroxyl groups is 1. The summed E-state index contributed by atoms with van der Waals surface area (Å²) < 4.78 is 55.8. The molecular formula is C25H20F4N2O2. The number of rotatable bonds is 4. The third kappa shape index (κ3) is 4.47. The van der Waals surface area contributed by atoms with E-state index < -0.39 is 23.2 Å². The Bertz CT molecular complexity index is 1300. The normalized spacial score (nSPS) is 12.2. The van der Waals surface area contributed by atoms with Crippen molar-refractivity contribution in [1.82, 2.24) is 9.55 Å². The van der Waals surface area contributed by atoms with Crippen LogP contribution >= 0.6 is 0 Å². The lowest BCUT2D eigenvalue weighted by molar-refractivity contribution is -0.137. The predicted molar refractivity (Wildman–Crippen MR) is 116 cm³/mol. The smallest absolute Gasteiger partial charge is 0.417 e. The quantitative estimate of drug-likeness (QED) is 0.355. The Morgan fingerprint density at radius 1 is 0.879 bits per heavy atom. The fourth-order valence-corrected chi connectivity index (χ4v) is 3.54. The van der Waals surface area contributed by atoms with Crippen LogP contribution in [0.3, 0.4) is 0 Å². The lowest BCUT2D eigenvalue weighted by atomic mass is 10.0. The predicted octanol–water partition coefficient (Wildman–Crippen LogP) is 6.30. The number of benzene rings is 3. The number of nitrogens with zero attached hydrogens (tertiary/aromatic N) is 2. The largest absolute Gasteiger partial charge is 0.507 e. The number of aromatic nitrogens is 2. The zero-order valence-electron chi connectivity index (χ0n) is 17.7. The Balaban J connectivity index is 1.86. The van der Waals surface area contributed by atoms with E-state index in [1.807, 2.05) is 0 Å². The molecule has 33 heavy (non-hydrogen) atoms. The first-order chi connectivity index (χ1) is 15.4. The Morgan fingerprint density at radius 3 is 2.15 bits per heavy atom. The Labute approximate surface area is 187 Å². The van der Waals surface area contributed by atoms with E-state index in [0.717, 1.165) is 12.1 Å². The number of aliphatic hydroxyl groups is 1. The highest BCUT2D eigenvalue weighted by molar-refractivity contribution is 5.71. The van der Waals surface area contributed by atoms with Gasteiger partial charge in [-0.3, -0.25) is 4.57 Å². The fraction of sp³-hybridized carbons (Fsp3) is 0.160. The lowest BCUT2D eigenvalue weighted by Gasteiger charge is -2.14. The molecule has 0 unspecified atom stereocenters. The van der Waals surface area contributed by atoms with Crippen LogP contribution in [0.5, 0.6) is 5.75 Å². The van der Waals surface area contributed by atoms with E-state index in [-0.39, 0.29) is 22.8 Å². The van der Waals surface area contributed by atoms with E-state index in [4.69, 9.17) is 0 Å². The summed E-state index contributed by atoms with van der Waals surface area (Å²) in [6.45, 7) is 3.00. The SMILES string of the molecule is CC(C)(O)c1cn(-c2ccc(-c3ccc(F)cc3O)cc2)c(-c2ccccc2C(F)(F)F)n1. The molecule has 0 amide bonds. The van der Waals surface area contributed by atoms with Crippen molar-refractivity contribution >= 4 is 0 Å². The summed E-state index contributed by atoms with van der Waals surface area (Å²) in [4.78, 5) is 4.34. The molecule has 1 heterocycles. The Morgan fingerprint density at radius 2 is 1.55 bits per heavy atom. The molecule has 0 aliphatic rings. The topological polar surface area (TPSA) is 58.3 Å². The van der Waals surface area contributed by atoms with E-state index in [2.05, 4.69) is 4.98 Å². The van der Waals surface area contributed by atoms with Crippen molar-refractivity contribution in [2.45, 2.75) is 25.6 Å². The van der Waals surface area contributed by atoms with Crippen molar-refractivity contribution in [1.29, 1.82) is 0 Å². The molecule has 4 nitrogen and oxygen atoms in total. The van der Waals surface area contributed by atoms with Gasteiger partial charge in [0.15, 0.2) is 0 Å². The molecule has 0 aliphatic carbocycles. The average molecular weight is 456 g/mol. The van der Waals surface area contributed by atoms with Gasteiger partial charge in [0.05, 0.1) is 11.3 Å². The molecule has 170 valence electrons. The standard InChI is InChI=1S/C25H20F4N2O2/c1-24(2,33)22-14-31(23(30-22)19-5-3-4-6-20(19)25(27,28)29)17-10-7-15(8-11-17)18-12-9-16(26)13-21(18)32/h3-14,32-33H,1-2H3. The summed E-state index contributed by atoms with van der Waals surface area (Å²) in [7, 11) is 0. The number of hydrogen-bond donors (Lipinski definition) is 2. The third-order valence-corrected chi connectivity index (χ3v) is 5.22. The van der Waals surface area contributed by atoms with Crippen LogP contribution < -0.4 is 0 Å². The number of alkyl halides is 3. The van der Waals surface area contributed by atoms with Gasteiger partial charge < -0.3 is 10.2 Å². The zero-order valence-corrected chi connectivity index (χ0v) is 17.7. The molecule has 4 aromatic rings. The fourth-order valence-electron chi connectivity index (χ4n) is 3.54. The minimum Gasteiger partial charge on any atom is -0.507 e. The molecule has 0 atom stereocenters. The molecule has 3 aromatic carbocycles. The van der Waals surface area contributed by atoms with Gasteiger partial charge in [0.25, 0.3) is 0 Å². The first-order valence-electron chi connectivity index (χ1n) is 10.0. The molecule has 0 aliphatic heterocycles. The van der Waals surface area contributed by atoms with E-state index in [0.29, 0.717) is 16.8 Å². The van der Waals surface area contributed by atoms with Gasteiger partial charge in [-0.2, -0.15) is 13.2 Å². The molecule has 4 rings (SSSR count). The molecule has 0 saturated carbocycles. The molecule has 2 N–H and O–H groups in total. The third-order valence-electron chi connectivity index (χ3n) is 5.22. The second-order valence-electron chi connectivity index (χ2n) is 8.13. The van der Waals surface area contributed by atoms with Gasteiger partial charge in [-0.15, -0.1) is 0 Å². The van der Waals surface area contributed by atoms with Gasteiger partial charge in [-0.25, -0.2) is 9.37 Å². The van der Waals surface area contributed by atoms with Crippen LogP contribution in [0.25, 0.3) is 28.2 Å². The lowest BCUT2D eigenvalue weighted by Crippen LogP contribution is -2.15. The van der Waals surface area contributed by atoms with E-state index in [1.165, 1.54) is 54.9 Å². The van der Waals surface area contributed by atoms with Crippen molar-refractivity contribution < 1.29 is 27.8 Å². The molecule has 1 aromatic heterocycles. The maximum atomic E-state index is 13.7. The van der Waals surface area contributed by atoms with Crippen LogP contribution in [0.2, 0.25) is 0 Å². The summed E-state index contributed by atoms with van der Waals surface area (Å²) >= 11 is 0. The van der Waals surface area contributed by atoms with Gasteiger partial charge in [-0.05, 0) is 49.7 Å². The first-order valence-corrected chi connectivity index (χ1v) is 10.0. The van der Waals surface area contributed by atoms with E-state index >= 15 is 0 Å². The highest BCUT2D eigenvalue weighted by Crippen LogP contribution is 2.38. The van der Waals surface area contributed by atoms with Crippen LogP contribution in [-0.2, 0) is 11.8 Å². The van der Waals surface area contributed by atoms with Crippen molar-refractivity contribution in [3.63, 3.8) is 0 Å². The van der Waals surface area contributed by atoms with Gasteiger partial charge in [0.2, 0.25) is 0 Å². The van der Waals surface area contributed by atoms with Crippen molar-refractivity contribution in [2.24, 2.45) is 0 Å². The molecule has 0 radical (unpaired) electrons. The highest BCUT2D eigenvalue weighted by Gasteiger charge is 2.35.